The lowest BCUT2D eigenvalue weighted by Gasteiger charge is -2.09. The van der Waals surface area contributed by atoms with E-state index in [-0.39, 0.29) is 4.90 Å². The molecular weight excluding hydrogens is 294 g/mol. The maximum atomic E-state index is 12.1. The zero-order valence-corrected chi connectivity index (χ0v) is 11.9. The number of aryl methyl sites for hydroxylation is 1. The van der Waals surface area contributed by atoms with Crippen molar-refractivity contribution in [2.24, 2.45) is 0 Å². The van der Waals surface area contributed by atoms with E-state index in [1.807, 2.05) is 0 Å². The summed E-state index contributed by atoms with van der Waals surface area (Å²) in [5, 5.41) is 14.6. The summed E-state index contributed by atoms with van der Waals surface area (Å²) in [6.45, 7) is 1.73. The highest BCUT2D eigenvalue weighted by atomic mass is 32.2. The number of sulfonamides is 1. The van der Waals surface area contributed by atoms with Crippen molar-refractivity contribution in [3.63, 3.8) is 0 Å². The van der Waals surface area contributed by atoms with E-state index in [0.29, 0.717) is 16.8 Å². The summed E-state index contributed by atoms with van der Waals surface area (Å²) in [5.74, 6) is -1.04. The molecule has 0 bridgehead atoms. The van der Waals surface area contributed by atoms with Crippen molar-refractivity contribution in [3.05, 3.63) is 47.8 Å². The number of hydrogen-bond donors (Lipinski definition) is 3. The van der Waals surface area contributed by atoms with E-state index in [0.717, 1.165) is 6.08 Å². The molecular formula is C13H13N3O4S. The van der Waals surface area contributed by atoms with Gasteiger partial charge in [-0.25, -0.2) is 13.2 Å². The topological polar surface area (TPSA) is 112 Å². The van der Waals surface area contributed by atoms with Gasteiger partial charge in [0.15, 0.2) is 0 Å². The Hall–Kier alpha value is -2.61. The van der Waals surface area contributed by atoms with Crippen LogP contribution in [0.5, 0.6) is 0 Å². The van der Waals surface area contributed by atoms with E-state index in [1.54, 1.807) is 25.1 Å². The first-order valence-corrected chi connectivity index (χ1v) is 7.40. The van der Waals surface area contributed by atoms with E-state index >= 15 is 0 Å². The fourth-order valence-electron chi connectivity index (χ4n) is 1.66. The van der Waals surface area contributed by atoms with E-state index in [2.05, 4.69) is 14.9 Å². The lowest BCUT2D eigenvalue weighted by molar-refractivity contribution is -0.131. The molecule has 0 aliphatic rings. The van der Waals surface area contributed by atoms with Crippen LogP contribution in [0.15, 0.2) is 41.6 Å². The average Bonchev–Trinajstić information content (AvgIpc) is 2.94. The number of nitrogens with one attached hydrogen (secondary N) is 2. The van der Waals surface area contributed by atoms with E-state index < -0.39 is 16.0 Å². The number of aliphatic carboxylic acids is 1. The highest BCUT2D eigenvalue weighted by molar-refractivity contribution is 7.92. The number of aromatic amines is 1. The molecule has 3 N–H and O–H groups in total. The van der Waals surface area contributed by atoms with Crippen LogP contribution in [0.25, 0.3) is 6.08 Å². The molecule has 0 amide bonds. The van der Waals surface area contributed by atoms with Gasteiger partial charge in [-0.1, -0.05) is 6.07 Å². The lowest BCUT2D eigenvalue weighted by atomic mass is 10.1. The van der Waals surface area contributed by atoms with Crippen molar-refractivity contribution >= 4 is 27.8 Å². The Labute approximate surface area is 121 Å². The summed E-state index contributed by atoms with van der Waals surface area (Å²) in [7, 11) is -3.69. The normalized spacial score (nSPS) is 11.7. The fraction of sp³-hybridized carbons (Fsp3) is 0.0769. The third-order valence-electron chi connectivity index (χ3n) is 2.70. The number of benzene rings is 1. The molecule has 0 radical (unpaired) electrons. The quantitative estimate of drug-likeness (QED) is 0.727. The fourth-order valence-corrected chi connectivity index (χ4v) is 2.70. The minimum absolute atomic E-state index is 0.0387. The van der Waals surface area contributed by atoms with Crippen molar-refractivity contribution in [2.45, 2.75) is 11.8 Å². The highest BCUT2D eigenvalue weighted by Gasteiger charge is 2.16. The number of rotatable bonds is 5. The largest absolute Gasteiger partial charge is 0.478 e. The molecule has 8 heteroatoms. The summed E-state index contributed by atoms with van der Waals surface area (Å²) >= 11 is 0. The lowest BCUT2D eigenvalue weighted by Crippen LogP contribution is -2.13. The van der Waals surface area contributed by atoms with Crippen LogP contribution in [0.4, 0.5) is 5.69 Å². The molecule has 7 nitrogen and oxygen atoms in total. The van der Waals surface area contributed by atoms with Gasteiger partial charge in [0.2, 0.25) is 0 Å². The van der Waals surface area contributed by atoms with Gasteiger partial charge in [0.05, 0.1) is 11.9 Å². The molecule has 0 fully saturated rings. The molecule has 110 valence electrons. The maximum absolute atomic E-state index is 12.1. The van der Waals surface area contributed by atoms with Crippen LogP contribution in [0.3, 0.4) is 0 Å². The highest BCUT2D eigenvalue weighted by Crippen LogP contribution is 2.21. The van der Waals surface area contributed by atoms with Crippen LogP contribution in [0.2, 0.25) is 0 Å². The summed E-state index contributed by atoms with van der Waals surface area (Å²) in [5.41, 5.74) is 1.76. The van der Waals surface area contributed by atoms with Crippen molar-refractivity contribution < 1.29 is 18.3 Å². The van der Waals surface area contributed by atoms with Crippen LogP contribution in [0, 0.1) is 6.92 Å². The molecule has 0 atom stereocenters. The second-order valence-electron chi connectivity index (χ2n) is 4.29. The van der Waals surface area contributed by atoms with E-state index in [9.17, 15) is 13.2 Å². The van der Waals surface area contributed by atoms with Gasteiger partial charge in [-0.2, -0.15) is 5.10 Å². The predicted molar refractivity (Wildman–Crippen MR) is 77.2 cm³/mol. The van der Waals surface area contributed by atoms with Crippen LogP contribution in [-0.2, 0) is 14.8 Å². The van der Waals surface area contributed by atoms with Crippen LogP contribution in [-0.4, -0.2) is 29.7 Å². The molecule has 0 aliphatic heterocycles. The van der Waals surface area contributed by atoms with Crippen LogP contribution >= 0.6 is 0 Å². The number of hydrogen-bond acceptors (Lipinski definition) is 4. The number of carbonyl (C=O) groups is 1. The molecule has 0 saturated carbocycles. The summed E-state index contributed by atoms with van der Waals surface area (Å²) in [6, 6.07) is 4.89. The molecule has 0 aliphatic carbocycles. The summed E-state index contributed by atoms with van der Waals surface area (Å²) in [4.78, 5) is 10.5. The minimum atomic E-state index is -3.69. The van der Waals surface area contributed by atoms with Crippen molar-refractivity contribution in [1.29, 1.82) is 0 Å². The number of carboxylic acid groups (broad SMARTS) is 1. The van der Waals surface area contributed by atoms with Crippen molar-refractivity contribution in [1.82, 2.24) is 10.2 Å². The Morgan fingerprint density at radius 1 is 1.43 bits per heavy atom. The minimum Gasteiger partial charge on any atom is -0.478 e. The molecule has 2 aromatic rings. The second kappa shape index (κ2) is 5.80. The Kier molecular flexibility index (Phi) is 4.08. The molecule has 0 spiro atoms. The average molecular weight is 307 g/mol. The zero-order valence-electron chi connectivity index (χ0n) is 11.1. The Morgan fingerprint density at radius 3 is 2.76 bits per heavy atom. The van der Waals surface area contributed by atoms with Gasteiger partial charge in [-0.15, -0.1) is 0 Å². The molecule has 1 aromatic heterocycles. The molecule has 0 unspecified atom stereocenters. The molecule has 21 heavy (non-hydrogen) atoms. The van der Waals surface area contributed by atoms with Gasteiger partial charge < -0.3 is 5.11 Å². The summed E-state index contributed by atoms with van der Waals surface area (Å²) < 4.78 is 26.6. The van der Waals surface area contributed by atoms with Gasteiger partial charge in [0, 0.05) is 12.3 Å². The van der Waals surface area contributed by atoms with Gasteiger partial charge in [0.1, 0.15) is 4.90 Å². The van der Waals surface area contributed by atoms with Gasteiger partial charge >= 0.3 is 5.97 Å². The number of aromatic nitrogens is 2. The molecule has 1 aromatic carbocycles. The zero-order chi connectivity index (χ0) is 15.5. The molecule has 2 rings (SSSR count). The predicted octanol–water partition coefficient (Wildman–Crippen LogP) is 1.62. The Balaban J connectivity index is 2.24. The van der Waals surface area contributed by atoms with E-state index in [1.165, 1.54) is 18.5 Å². The molecule has 0 saturated heterocycles. The SMILES string of the molecule is Cc1cc(C=CC(=O)O)ccc1NS(=O)(=O)c1cn[nH]c1. The first-order valence-electron chi connectivity index (χ1n) is 5.92. The van der Waals surface area contributed by atoms with Crippen LogP contribution < -0.4 is 4.72 Å². The van der Waals surface area contributed by atoms with E-state index in [4.69, 9.17) is 5.11 Å². The number of H-pyrrole nitrogens is 1. The van der Waals surface area contributed by atoms with Crippen LogP contribution in [0.1, 0.15) is 11.1 Å². The molecule has 1 heterocycles. The first-order chi connectivity index (χ1) is 9.88. The smallest absolute Gasteiger partial charge is 0.328 e. The van der Waals surface area contributed by atoms with Gasteiger partial charge in [-0.3, -0.25) is 9.82 Å². The van der Waals surface area contributed by atoms with Crippen molar-refractivity contribution in [2.75, 3.05) is 4.72 Å². The third-order valence-corrected chi connectivity index (χ3v) is 4.03. The summed E-state index contributed by atoms with van der Waals surface area (Å²) in [6.07, 6.45) is 4.94. The van der Waals surface area contributed by atoms with Gasteiger partial charge in [-0.05, 0) is 36.3 Å². The monoisotopic (exact) mass is 307 g/mol. The number of nitrogens with zero attached hydrogens (tertiary/aromatic N) is 1. The maximum Gasteiger partial charge on any atom is 0.328 e. The van der Waals surface area contributed by atoms with Gasteiger partial charge in [0.25, 0.3) is 10.0 Å². The number of carboxylic acids is 1. The number of anilines is 1. The Bertz CT molecular complexity index is 780. The second-order valence-corrected chi connectivity index (χ2v) is 5.97. The Morgan fingerprint density at radius 2 is 2.19 bits per heavy atom. The standard InChI is InChI=1S/C13H13N3O4S/c1-9-6-10(3-5-13(17)18)2-4-12(9)16-21(19,20)11-7-14-15-8-11/h2-8,16H,1H3,(H,14,15)(H,17,18). The first kappa shape index (κ1) is 14.8. The third kappa shape index (κ3) is 3.69. The van der Waals surface area contributed by atoms with Crippen molar-refractivity contribution in [3.8, 4) is 0 Å².